The van der Waals surface area contributed by atoms with Crippen molar-refractivity contribution in [3.63, 3.8) is 0 Å². The Morgan fingerprint density at radius 2 is 1.85 bits per heavy atom. The Hall–Kier alpha value is -1.89. The van der Waals surface area contributed by atoms with Crippen LogP contribution in [0, 0.1) is 0 Å². The van der Waals surface area contributed by atoms with E-state index in [1.807, 2.05) is 12.1 Å². The molecule has 180 valence electrons. The number of methoxy groups -OCH3 is 1. The largest absolute Gasteiger partial charge is 0.493 e. The number of hydrogen-bond donors (Lipinski definition) is 1. The number of aliphatic hydroxyl groups excluding tert-OH is 1. The number of rotatable bonds is 8. The van der Waals surface area contributed by atoms with Gasteiger partial charge in [0.1, 0.15) is 11.9 Å². The van der Waals surface area contributed by atoms with E-state index >= 15 is 0 Å². The van der Waals surface area contributed by atoms with Crippen molar-refractivity contribution in [1.29, 1.82) is 0 Å². The first kappa shape index (κ1) is 22.9. The molecule has 0 aromatic heterocycles. The maximum absolute atomic E-state index is 11.4. The molecule has 1 aliphatic carbocycles. The van der Waals surface area contributed by atoms with E-state index in [-0.39, 0.29) is 11.5 Å². The van der Waals surface area contributed by atoms with Gasteiger partial charge in [-0.15, -0.1) is 0 Å². The van der Waals surface area contributed by atoms with Crippen LogP contribution in [0.1, 0.15) is 62.5 Å². The van der Waals surface area contributed by atoms with E-state index in [1.54, 1.807) is 7.11 Å². The van der Waals surface area contributed by atoms with Crippen LogP contribution in [0.3, 0.4) is 0 Å². The number of hydrogen-bond acceptors (Lipinski definition) is 6. The highest BCUT2D eigenvalue weighted by Crippen LogP contribution is 2.55. The summed E-state index contributed by atoms with van der Waals surface area (Å²) in [5.74, 6) is 2.12. The average molecular weight is 455 g/mol. The van der Waals surface area contributed by atoms with Crippen LogP contribution in [0.15, 0.2) is 24.3 Å². The molecule has 1 fully saturated rings. The molecule has 5 rings (SSSR count). The summed E-state index contributed by atoms with van der Waals surface area (Å²) in [5, 5.41) is 10.2. The summed E-state index contributed by atoms with van der Waals surface area (Å²) in [5.41, 5.74) is 2.48. The number of ether oxygens (including phenoxy) is 2. The van der Waals surface area contributed by atoms with Crippen LogP contribution in [0.4, 0.5) is 0 Å². The Kier molecular flexibility index (Phi) is 6.77. The molecule has 0 radical (unpaired) electrons. The lowest BCUT2D eigenvalue weighted by Gasteiger charge is -2.36. The van der Waals surface area contributed by atoms with Crippen molar-refractivity contribution in [1.82, 2.24) is 9.80 Å². The van der Waals surface area contributed by atoms with Gasteiger partial charge in [-0.2, -0.15) is 0 Å². The summed E-state index contributed by atoms with van der Waals surface area (Å²) < 4.78 is 12.0. The van der Waals surface area contributed by atoms with E-state index in [9.17, 15) is 9.90 Å². The Balaban J connectivity index is 1.18. The van der Waals surface area contributed by atoms with Crippen LogP contribution >= 0.6 is 0 Å². The average Bonchev–Trinajstić information content (AvgIpc) is 3.06. The van der Waals surface area contributed by atoms with Crippen molar-refractivity contribution in [2.24, 2.45) is 0 Å². The monoisotopic (exact) mass is 454 g/mol. The van der Waals surface area contributed by atoms with Crippen LogP contribution in [-0.2, 0) is 16.8 Å². The molecule has 6 nitrogen and oxygen atoms in total. The molecule has 3 atom stereocenters. The van der Waals surface area contributed by atoms with Crippen LogP contribution in [0.5, 0.6) is 11.5 Å². The van der Waals surface area contributed by atoms with Gasteiger partial charge in [0, 0.05) is 44.5 Å². The Bertz CT molecular complexity index is 890. The number of nitrogens with zero attached hydrogens (tertiary/aromatic N) is 2. The molecular formula is C27H38N2O4. The molecule has 33 heavy (non-hydrogen) atoms. The normalized spacial score (nSPS) is 29.3. The molecule has 3 heterocycles. The first-order valence-electron chi connectivity index (χ1n) is 12.8. The lowest BCUT2D eigenvalue weighted by atomic mass is 9.69. The van der Waals surface area contributed by atoms with Crippen molar-refractivity contribution in [2.75, 3.05) is 39.8 Å². The van der Waals surface area contributed by atoms with Gasteiger partial charge in [0.2, 0.25) is 0 Å². The second kappa shape index (κ2) is 9.77. The van der Waals surface area contributed by atoms with Gasteiger partial charge < -0.3 is 19.5 Å². The fraction of sp³-hybridized carbons (Fsp3) is 0.667. The number of benzene rings is 1. The number of carbonyl (C=O) groups is 1. The minimum absolute atomic E-state index is 0.0208. The van der Waals surface area contributed by atoms with Crippen LogP contribution in [0.25, 0.3) is 0 Å². The second-order valence-electron chi connectivity index (χ2n) is 10.3. The Labute approximate surface area is 197 Å². The second-order valence-corrected chi connectivity index (χ2v) is 10.3. The molecule has 1 spiro atoms. The van der Waals surface area contributed by atoms with Gasteiger partial charge in [-0.05, 0) is 50.5 Å². The zero-order chi connectivity index (χ0) is 22.8. The molecule has 1 N–H and O–H groups in total. The fourth-order valence-corrected chi connectivity index (χ4v) is 6.24. The highest BCUT2D eigenvalue weighted by molar-refractivity contribution is 5.79. The van der Waals surface area contributed by atoms with E-state index in [0.29, 0.717) is 12.2 Å². The van der Waals surface area contributed by atoms with Crippen molar-refractivity contribution >= 4 is 5.78 Å². The van der Waals surface area contributed by atoms with Gasteiger partial charge >= 0.3 is 0 Å². The van der Waals surface area contributed by atoms with Crippen LogP contribution in [-0.4, -0.2) is 72.7 Å². The molecule has 0 unspecified atom stereocenters. The van der Waals surface area contributed by atoms with Crippen LogP contribution < -0.4 is 9.47 Å². The van der Waals surface area contributed by atoms with E-state index in [2.05, 4.69) is 21.9 Å². The molecule has 1 aromatic rings. The zero-order valence-electron chi connectivity index (χ0n) is 19.9. The molecule has 0 bridgehead atoms. The fourth-order valence-electron chi connectivity index (χ4n) is 6.24. The molecule has 0 saturated carbocycles. The van der Waals surface area contributed by atoms with Gasteiger partial charge in [0.15, 0.2) is 11.5 Å². The third-order valence-corrected chi connectivity index (χ3v) is 8.15. The molecule has 0 amide bonds. The summed E-state index contributed by atoms with van der Waals surface area (Å²) in [6.45, 7) is 6.15. The summed E-state index contributed by atoms with van der Waals surface area (Å²) in [6, 6.07) is 4.25. The lowest BCUT2D eigenvalue weighted by Crippen LogP contribution is -2.43. The number of ketones is 1. The van der Waals surface area contributed by atoms with E-state index in [4.69, 9.17) is 9.47 Å². The molecular weight excluding hydrogens is 416 g/mol. The number of piperidine rings is 1. The van der Waals surface area contributed by atoms with Gasteiger partial charge in [0.05, 0.1) is 18.6 Å². The SMILES string of the molecule is COc1ccc2c3c1O[C@H]1C[C@@H](O)C=C[C@@]31CCN(CCCCCCN1CCC(=O)CC1)C2. The third-order valence-electron chi connectivity index (χ3n) is 8.15. The van der Waals surface area contributed by atoms with Crippen molar-refractivity contribution in [3.05, 3.63) is 35.4 Å². The van der Waals surface area contributed by atoms with Gasteiger partial charge in [-0.25, -0.2) is 0 Å². The third kappa shape index (κ3) is 4.58. The molecule has 4 aliphatic rings. The first-order chi connectivity index (χ1) is 16.1. The predicted octanol–water partition coefficient (Wildman–Crippen LogP) is 3.45. The summed E-state index contributed by atoms with van der Waals surface area (Å²) in [4.78, 5) is 16.4. The minimum Gasteiger partial charge on any atom is -0.493 e. The van der Waals surface area contributed by atoms with E-state index < -0.39 is 6.10 Å². The maximum Gasteiger partial charge on any atom is 0.166 e. The minimum atomic E-state index is -0.436. The smallest absolute Gasteiger partial charge is 0.166 e. The standard InChI is InChI=1S/C27H38N2O4/c1-32-23-7-6-20-19-29(14-5-3-2-4-13-28-15-9-21(30)10-16-28)17-12-27-11-8-22(31)18-24(27)33-26(23)25(20)27/h6-8,11,22,24,31H,2-5,9-10,12-19H2,1H3/t22-,24-,27-/m0/s1. The number of Topliss-reactive ketones (excluding diaryl/α,β-unsaturated/α-hetero) is 1. The molecule has 1 saturated heterocycles. The van der Waals surface area contributed by atoms with Crippen LogP contribution in [0.2, 0.25) is 0 Å². The molecule has 3 aliphatic heterocycles. The van der Waals surface area contributed by atoms with E-state index in [1.165, 1.54) is 36.8 Å². The molecule has 6 heteroatoms. The topological polar surface area (TPSA) is 62.2 Å². The highest BCUT2D eigenvalue weighted by Gasteiger charge is 2.52. The lowest BCUT2D eigenvalue weighted by molar-refractivity contribution is -0.121. The number of unbranched alkanes of at least 4 members (excludes halogenated alkanes) is 3. The predicted molar refractivity (Wildman–Crippen MR) is 128 cm³/mol. The molecule has 1 aromatic carbocycles. The number of likely N-dealkylation sites (tertiary alicyclic amines) is 1. The Morgan fingerprint density at radius 1 is 1.09 bits per heavy atom. The highest BCUT2D eigenvalue weighted by atomic mass is 16.5. The quantitative estimate of drug-likeness (QED) is 0.480. The van der Waals surface area contributed by atoms with Gasteiger partial charge in [0.25, 0.3) is 0 Å². The maximum atomic E-state index is 11.4. The van der Waals surface area contributed by atoms with Crippen molar-refractivity contribution < 1.29 is 19.4 Å². The van der Waals surface area contributed by atoms with Gasteiger partial charge in [-0.3, -0.25) is 9.69 Å². The first-order valence-corrected chi connectivity index (χ1v) is 12.8. The van der Waals surface area contributed by atoms with Crippen molar-refractivity contribution in [3.8, 4) is 11.5 Å². The number of aliphatic hydroxyl groups is 1. The van der Waals surface area contributed by atoms with Gasteiger partial charge in [-0.1, -0.05) is 31.1 Å². The van der Waals surface area contributed by atoms with E-state index in [0.717, 1.165) is 70.0 Å². The summed E-state index contributed by atoms with van der Waals surface area (Å²) in [7, 11) is 1.70. The summed E-state index contributed by atoms with van der Waals surface area (Å²) >= 11 is 0. The number of carbonyl (C=O) groups excluding carboxylic acids is 1. The summed E-state index contributed by atoms with van der Waals surface area (Å²) in [6.07, 6.45) is 11.8. The van der Waals surface area contributed by atoms with Crippen molar-refractivity contribution in [2.45, 2.75) is 75.5 Å². The Morgan fingerprint density at radius 3 is 2.61 bits per heavy atom. The zero-order valence-corrected chi connectivity index (χ0v) is 19.9.